The monoisotopic (exact) mass is 310 g/mol. The molecule has 0 radical (unpaired) electrons. The van der Waals surface area contributed by atoms with Crippen molar-refractivity contribution in [3.05, 3.63) is 34.9 Å². The van der Waals surface area contributed by atoms with Crippen molar-refractivity contribution < 1.29 is 0 Å². The van der Waals surface area contributed by atoms with Crippen LogP contribution in [-0.2, 0) is 0 Å². The fraction of sp³-hybridized carbons (Fsp3) is 0.667. The number of hydrogen-bond acceptors (Lipinski definition) is 2. The van der Waals surface area contributed by atoms with E-state index >= 15 is 0 Å². The molecule has 0 spiro atoms. The van der Waals surface area contributed by atoms with Gasteiger partial charge >= 0.3 is 0 Å². The van der Waals surface area contributed by atoms with Crippen LogP contribution < -0.4 is 5.73 Å². The van der Waals surface area contributed by atoms with Crippen LogP contribution in [0.1, 0.15) is 65.0 Å². The van der Waals surface area contributed by atoms with E-state index in [4.69, 9.17) is 17.3 Å². The molecule has 0 amide bonds. The minimum Gasteiger partial charge on any atom is -0.326 e. The third kappa shape index (κ3) is 4.98. The molecule has 21 heavy (non-hydrogen) atoms. The third-order valence-electron chi connectivity index (χ3n) is 4.38. The minimum absolute atomic E-state index is 0.107. The van der Waals surface area contributed by atoms with Crippen molar-refractivity contribution in [2.75, 3.05) is 6.54 Å². The maximum atomic E-state index is 6.48. The van der Waals surface area contributed by atoms with Gasteiger partial charge < -0.3 is 5.73 Å². The zero-order valence-electron chi connectivity index (χ0n) is 14.0. The van der Waals surface area contributed by atoms with E-state index in [9.17, 15) is 0 Å². The average Bonchev–Trinajstić information content (AvgIpc) is 2.51. The quantitative estimate of drug-likeness (QED) is 0.694. The summed E-state index contributed by atoms with van der Waals surface area (Å²) in [6, 6.07) is 8.96. The second-order valence-electron chi connectivity index (χ2n) is 5.89. The normalized spacial score (nSPS) is 16.0. The van der Waals surface area contributed by atoms with Gasteiger partial charge in [-0.3, -0.25) is 4.90 Å². The fourth-order valence-corrected chi connectivity index (χ4v) is 3.05. The van der Waals surface area contributed by atoms with Gasteiger partial charge in [0, 0.05) is 17.1 Å². The molecule has 1 aromatic carbocycles. The first-order valence-corrected chi connectivity index (χ1v) is 8.70. The van der Waals surface area contributed by atoms with Gasteiger partial charge in [0.05, 0.1) is 6.04 Å². The van der Waals surface area contributed by atoms with Crippen molar-refractivity contribution >= 4 is 11.6 Å². The van der Waals surface area contributed by atoms with E-state index in [0.29, 0.717) is 6.04 Å². The summed E-state index contributed by atoms with van der Waals surface area (Å²) in [5.41, 5.74) is 7.65. The average molecular weight is 311 g/mol. The lowest BCUT2D eigenvalue weighted by Gasteiger charge is -2.40. The lowest BCUT2D eigenvalue weighted by atomic mass is 9.94. The van der Waals surface area contributed by atoms with Gasteiger partial charge in [-0.15, -0.1) is 0 Å². The number of unbranched alkanes of at least 4 members (excludes halogenated alkanes) is 1. The summed E-state index contributed by atoms with van der Waals surface area (Å²) in [5.74, 6) is 0. The Labute approximate surface area is 135 Å². The highest BCUT2D eigenvalue weighted by Crippen LogP contribution is 2.32. The Morgan fingerprint density at radius 3 is 2.33 bits per heavy atom. The molecule has 0 aliphatic carbocycles. The van der Waals surface area contributed by atoms with E-state index in [1.807, 2.05) is 12.1 Å². The van der Waals surface area contributed by atoms with Crippen LogP contribution in [0.25, 0.3) is 0 Å². The maximum Gasteiger partial charge on any atom is 0.0516 e. The zero-order chi connectivity index (χ0) is 15.8. The molecule has 0 aromatic heterocycles. The standard InChI is InChI=1S/C18H31ClN2/c1-5-8-13-21(14(4)6-2)18(17(20)7-3)15-11-9-10-12-16(15)19/h9-12,14,17-18H,5-8,13,20H2,1-4H3. The summed E-state index contributed by atoms with van der Waals surface area (Å²) in [4.78, 5) is 2.55. The summed E-state index contributed by atoms with van der Waals surface area (Å²) in [7, 11) is 0. The van der Waals surface area contributed by atoms with E-state index in [1.165, 1.54) is 18.4 Å². The molecule has 0 saturated carbocycles. The molecule has 0 aliphatic rings. The lowest BCUT2D eigenvalue weighted by Crippen LogP contribution is -2.45. The topological polar surface area (TPSA) is 29.3 Å². The Morgan fingerprint density at radius 1 is 1.14 bits per heavy atom. The lowest BCUT2D eigenvalue weighted by molar-refractivity contribution is 0.116. The highest BCUT2D eigenvalue weighted by Gasteiger charge is 2.29. The van der Waals surface area contributed by atoms with E-state index in [-0.39, 0.29) is 12.1 Å². The molecule has 0 saturated heterocycles. The van der Waals surface area contributed by atoms with Gasteiger partial charge in [-0.1, -0.05) is 57.0 Å². The molecule has 1 rings (SSSR count). The minimum atomic E-state index is 0.107. The zero-order valence-corrected chi connectivity index (χ0v) is 14.7. The van der Waals surface area contributed by atoms with Gasteiger partial charge in [0.1, 0.15) is 0 Å². The van der Waals surface area contributed by atoms with Gasteiger partial charge in [-0.2, -0.15) is 0 Å². The SMILES string of the molecule is CCCCN(C(C)CC)C(c1ccccc1Cl)C(N)CC. The molecule has 2 N–H and O–H groups in total. The first-order chi connectivity index (χ1) is 10.1. The van der Waals surface area contributed by atoms with Crippen molar-refractivity contribution in [1.29, 1.82) is 0 Å². The van der Waals surface area contributed by atoms with E-state index in [0.717, 1.165) is 24.4 Å². The molecule has 3 unspecified atom stereocenters. The molecule has 1 aromatic rings. The number of nitrogens with two attached hydrogens (primary N) is 1. The Morgan fingerprint density at radius 2 is 1.81 bits per heavy atom. The Balaban J connectivity index is 3.16. The fourth-order valence-electron chi connectivity index (χ4n) is 2.80. The molecule has 120 valence electrons. The molecule has 3 heteroatoms. The molecule has 0 aliphatic heterocycles. The van der Waals surface area contributed by atoms with E-state index in [1.54, 1.807) is 0 Å². The van der Waals surface area contributed by atoms with Crippen LogP contribution >= 0.6 is 11.6 Å². The predicted molar refractivity (Wildman–Crippen MR) is 93.8 cm³/mol. The third-order valence-corrected chi connectivity index (χ3v) is 4.73. The van der Waals surface area contributed by atoms with E-state index < -0.39 is 0 Å². The first-order valence-electron chi connectivity index (χ1n) is 8.32. The number of benzene rings is 1. The van der Waals surface area contributed by atoms with Crippen molar-refractivity contribution in [1.82, 2.24) is 4.90 Å². The van der Waals surface area contributed by atoms with Crippen LogP contribution in [0.5, 0.6) is 0 Å². The van der Waals surface area contributed by atoms with Crippen molar-refractivity contribution in [3.8, 4) is 0 Å². The smallest absolute Gasteiger partial charge is 0.0516 e. The molecule has 2 nitrogen and oxygen atoms in total. The molecule has 3 atom stereocenters. The van der Waals surface area contributed by atoms with Gasteiger partial charge in [0.2, 0.25) is 0 Å². The summed E-state index contributed by atoms with van der Waals surface area (Å²) < 4.78 is 0. The first kappa shape index (κ1) is 18.5. The van der Waals surface area contributed by atoms with Gasteiger partial charge in [-0.25, -0.2) is 0 Å². The van der Waals surface area contributed by atoms with Crippen LogP contribution in [-0.4, -0.2) is 23.5 Å². The molecular formula is C18H31ClN2. The predicted octanol–water partition coefficient (Wildman–Crippen LogP) is 5.02. The van der Waals surface area contributed by atoms with Crippen LogP contribution in [0.15, 0.2) is 24.3 Å². The summed E-state index contributed by atoms with van der Waals surface area (Å²) in [5, 5.41) is 0.830. The molecule has 0 fully saturated rings. The van der Waals surface area contributed by atoms with Gasteiger partial charge in [-0.05, 0) is 44.4 Å². The van der Waals surface area contributed by atoms with Crippen molar-refractivity contribution in [2.45, 2.75) is 71.5 Å². The van der Waals surface area contributed by atoms with Gasteiger partial charge in [0.15, 0.2) is 0 Å². The summed E-state index contributed by atoms with van der Waals surface area (Å²) in [6.07, 6.45) is 4.47. The Hall–Kier alpha value is -0.570. The van der Waals surface area contributed by atoms with Crippen LogP contribution in [0, 0.1) is 0 Å². The van der Waals surface area contributed by atoms with Crippen LogP contribution in [0.3, 0.4) is 0 Å². The van der Waals surface area contributed by atoms with Gasteiger partial charge in [0.25, 0.3) is 0 Å². The molecule has 0 bridgehead atoms. The Bertz CT molecular complexity index is 408. The summed E-state index contributed by atoms with van der Waals surface area (Å²) in [6.45, 7) is 10.0. The Kier molecular flexibility index (Phi) is 8.31. The molecule has 0 heterocycles. The largest absolute Gasteiger partial charge is 0.326 e. The second-order valence-corrected chi connectivity index (χ2v) is 6.29. The summed E-state index contributed by atoms with van der Waals surface area (Å²) >= 11 is 6.46. The number of rotatable bonds is 9. The maximum absolute atomic E-state index is 6.48. The van der Waals surface area contributed by atoms with Crippen LogP contribution in [0.4, 0.5) is 0 Å². The number of halogens is 1. The van der Waals surface area contributed by atoms with E-state index in [2.05, 4.69) is 44.7 Å². The molecular weight excluding hydrogens is 280 g/mol. The number of hydrogen-bond donors (Lipinski definition) is 1. The van der Waals surface area contributed by atoms with Crippen molar-refractivity contribution in [2.24, 2.45) is 5.73 Å². The van der Waals surface area contributed by atoms with Crippen molar-refractivity contribution in [3.63, 3.8) is 0 Å². The number of nitrogens with zero attached hydrogens (tertiary/aromatic N) is 1. The van der Waals surface area contributed by atoms with Crippen LogP contribution in [0.2, 0.25) is 5.02 Å². The highest BCUT2D eigenvalue weighted by atomic mass is 35.5. The second kappa shape index (κ2) is 9.45. The highest BCUT2D eigenvalue weighted by molar-refractivity contribution is 6.31.